The van der Waals surface area contributed by atoms with Crippen molar-refractivity contribution in [2.45, 2.75) is 39.7 Å². The maximum Gasteiger partial charge on any atom is 0.232 e. The highest BCUT2D eigenvalue weighted by Crippen LogP contribution is 2.17. The Kier molecular flexibility index (Phi) is 5.33. The van der Waals surface area contributed by atoms with Gasteiger partial charge in [-0.25, -0.2) is 0 Å². The van der Waals surface area contributed by atoms with Gasteiger partial charge in [0.2, 0.25) is 11.9 Å². The minimum atomic E-state index is 0.269. The van der Waals surface area contributed by atoms with Gasteiger partial charge in [-0.2, -0.15) is 15.0 Å². The molecule has 1 aromatic heterocycles. The van der Waals surface area contributed by atoms with E-state index < -0.39 is 0 Å². The van der Waals surface area contributed by atoms with Crippen molar-refractivity contribution in [2.24, 2.45) is 0 Å². The summed E-state index contributed by atoms with van der Waals surface area (Å²) >= 11 is 5.88. The molecule has 5 nitrogen and oxygen atoms in total. The van der Waals surface area contributed by atoms with Crippen LogP contribution in [-0.4, -0.2) is 21.0 Å². The zero-order chi connectivity index (χ0) is 15.2. The Morgan fingerprint density at radius 3 is 2.33 bits per heavy atom. The van der Waals surface area contributed by atoms with E-state index in [0.29, 0.717) is 16.9 Å². The first-order valence-electron chi connectivity index (χ1n) is 7.11. The zero-order valence-corrected chi connectivity index (χ0v) is 13.3. The number of aromatic nitrogens is 3. The highest BCUT2D eigenvalue weighted by Gasteiger charge is 2.07. The summed E-state index contributed by atoms with van der Waals surface area (Å²) in [5.41, 5.74) is 0.892. The van der Waals surface area contributed by atoms with Gasteiger partial charge in [-0.3, -0.25) is 0 Å². The average molecular weight is 306 g/mol. The van der Waals surface area contributed by atoms with Crippen molar-refractivity contribution in [1.29, 1.82) is 0 Å². The number of hydrogen-bond donors (Lipinski definition) is 2. The molecule has 2 N–H and O–H groups in total. The summed E-state index contributed by atoms with van der Waals surface area (Å²) in [6, 6.07) is 7.70. The Morgan fingerprint density at radius 1 is 1.05 bits per heavy atom. The standard InChI is InChI=1S/C15H20ClN5/c1-4-5-13-19-14(17-10(2)3)21-15(20-13)18-12-8-6-11(16)7-9-12/h6-10H,4-5H2,1-3H3,(H2,17,18,19,20,21). The first-order chi connectivity index (χ1) is 10.1. The number of hydrogen-bond acceptors (Lipinski definition) is 5. The Hall–Kier alpha value is -1.88. The third-order valence-electron chi connectivity index (χ3n) is 2.67. The molecule has 0 aliphatic heterocycles. The van der Waals surface area contributed by atoms with Gasteiger partial charge in [-0.1, -0.05) is 18.5 Å². The van der Waals surface area contributed by atoms with Crippen LogP contribution in [0.3, 0.4) is 0 Å². The highest BCUT2D eigenvalue weighted by molar-refractivity contribution is 6.30. The quantitative estimate of drug-likeness (QED) is 0.843. The third kappa shape index (κ3) is 4.86. The number of halogens is 1. The maximum absolute atomic E-state index is 5.88. The average Bonchev–Trinajstić information content (AvgIpc) is 2.41. The Balaban J connectivity index is 2.24. The molecule has 0 amide bonds. The van der Waals surface area contributed by atoms with Crippen LogP contribution in [-0.2, 0) is 6.42 Å². The SMILES string of the molecule is CCCc1nc(Nc2ccc(Cl)cc2)nc(NC(C)C)n1. The Morgan fingerprint density at radius 2 is 1.71 bits per heavy atom. The van der Waals surface area contributed by atoms with Gasteiger partial charge in [-0.15, -0.1) is 0 Å². The largest absolute Gasteiger partial charge is 0.352 e. The lowest BCUT2D eigenvalue weighted by Crippen LogP contribution is -2.15. The van der Waals surface area contributed by atoms with Crippen molar-refractivity contribution in [2.75, 3.05) is 10.6 Å². The van der Waals surface area contributed by atoms with Crippen LogP contribution < -0.4 is 10.6 Å². The van der Waals surface area contributed by atoms with Gasteiger partial charge >= 0.3 is 0 Å². The number of rotatable bonds is 6. The minimum Gasteiger partial charge on any atom is -0.352 e. The number of benzene rings is 1. The molecule has 21 heavy (non-hydrogen) atoms. The summed E-state index contributed by atoms with van der Waals surface area (Å²) in [7, 11) is 0. The van der Waals surface area contributed by atoms with Crippen LogP contribution in [0.2, 0.25) is 5.02 Å². The molecule has 0 aliphatic carbocycles. The van der Waals surface area contributed by atoms with Gasteiger partial charge in [0.15, 0.2) is 0 Å². The predicted octanol–water partition coefficient (Wildman–Crippen LogP) is 4.04. The van der Waals surface area contributed by atoms with E-state index in [2.05, 4.69) is 46.4 Å². The van der Waals surface area contributed by atoms with Gasteiger partial charge in [0.05, 0.1) is 0 Å². The number of nitrogens with one attached hydrogen (secondary N) is 2. The van der Waals surface area contributed by atoms with Gasteiger partial charge in [0, 0.05) is 23.2 Å². The van der Waals surface area contributed by atoms with E-state index in [9.17, 15) is 0 Å². The van der Waals surface area contributed by atoms with Crippen LogP contribution in [0.4, 0.5) is 17.6 Å². The molecule has 2 aromatic rings. The third-order valence-corrected chi connectivity index (χ3v) is 2.93. The molecule has 2 rings (SSSR count). The van der Waals surface area contributed by atoms with E-state index in [1.165, 1.54) is 0 Å². The predicted molar refractivity (Wildman–Crippen MR) is 87.3 cm³/mol. The summed E-state index contributed by atoms with van der Waals surface area (Å²) in [6.45, 7) is 6.21. The molecule has 1 heterocycles. The lowest BCUT2D eigenvalue weighted by molar-refractivity contribution is 0.804. The fourth-order valence-corrected chi connectivity index (χ4v) is 1.92. The Labute approximate surface area is 130 Å². The summed E-state index contributed by atoms with van der Waals surface area (Å²) < 4.78 is 0. The van der Waals surface area contributed by atoms with E-state index in [1.807, 2.05) is 24.3 Å². The topological polar surface area (TPSA) is 62.7 Å². The molecule has 0 radical (unpaired) electrons. The lowest BCUT2D eigenvalue weighted by Gasteiger charge is -2.12. The van der Waals surface area contributed by atoms with Crippen molar-refractivity contribution in [3.8, 4) is 0 Å². The molecule has 0 saturated carbocycles. The number of anilines is 3. The van der Waals surface area contributed by atoms with E-state index in [-0.39, 0.29) is 6.04 Å². The smallest absolute Gasteiger partial charge is 0.232 e. The number of nitrogens with zero attached hydrogens (tertiary/aromatic N) is 3. The second kappa shape index (κ2) is 7.22. The molecule has 6 heteroatoms. The molecule has 0 saturated heterocycles. The molecular formula is C15H20ClN5. The molecule has 0 spiro atoms. The van der Waals surface area contributed by atoms with Crippen molar-refractivity contribution in [3.05, 3.63) is 35.1 Å². The van der Waals surface area contributed by atoms with Gasteiger partial charge in [0.25, 0.3) is 0 Å². The molecular weight excluding hydrogens is 286 g/mol. The second-order valence-corrected chi connectivity index (χ2v) is 5.52. The fraction of sp³-hybridized carbons (Fsp3) is 0.400. The van der Waals surface area contributed by atoms with Crippen molar-refractivity contribution >= 4 is 29.2 Å². The summed E-state index contributed by atoms with van der Waals surface area (Å²) in [6.07, 6.45) is 1.82. The molecule has 1 aromatic carbocycles. The molecule has 0 fully saturated rings. The molecule has 0 bridgehead atoms. The molecule has 0 aliphatic rings. The van der Waals surface area contributed by atoms with Crippen LogP contribution >= 0.6 is 11.6 Å². The summed E-state index contributed by atoms with van der Waals surface area (Å²) in [4.78, 5) is 13.3. The highest BCUT2D eigenvalue weighted by atomic mass is 35.5. The van der Waals surface area contributed by atoms with E-state index in [4.69, 9.17) is 11.6 Å². The van der Waals surface area contributed by atoms with Crippen molar-refractivity contribution in [3.63, 3.8) is 0 Å². The second-order valence-electron chi connectivity index (χ2n) is 5.08. The zero-order valence-electron chi connectivity index (χ0n) is 12.5. The van der Waals surface area contributed by atoms with Crippen LogP contribution in [0.5, 0.6) is 0 Å². The first kappa shape index (κ1) is 15.5. The monoisotopic (exact) mass is 305 g/mol. The lowest BCUT2D eigenvalue weighted by atomic mass is 10.3. The first-order valence-corrected chi connectivity index (χ1v) is 7.48. The molecule has 0 atom stereocenters. The van der Waals surface area contributed by atoms with Crippen LogP contribution in [0.25, 0.3) is 0 Å². The van der Waals surface area contributed by atoms with Gasteiger partial charge in [-0.05, 0) is 44.5 Å². The van der Waals surface area contributed by atoms with E-state index >= 15 is 0 Å². The van der Waals surface area contributed by atoms with E-state index in [1.54, 1.807) is 0 Å². The van der Waals surface area contributed by atoms with Crippen LogP contribution in [0, 0.1) is 0 Å². The van der Waals surface area contributed by atoms with Crippen LogP contribution in [0.1, 0.15) is 33.0 Å². The summed E-state index contributed by atoms with van der Waals surface area (Å²) in [5.74, 6) is 1.92. The van der Waals surface area contributed by atoms with Crippen LogP contribution in [0.15, 0.2) is 24.3 Å². The van der Waals surface area contributed by atoms with E-state index in [0.717, 1.165) is 24.4 Å². The van der Waals surface area contributed by atoms with Crippen molar-refractivity contribution in [1.82, 2.24) is 15.0 Å². The molecule has 112 valence electrons. The van der Waals surface area contributed by atoms with Gasteiger partial charge < -0.3 is 10.6 Å². The Bertz CT molecular complexity index is 583. The minimum absolute atomic E-state index is 0.269. The summed E-state index contributed by atoms with van der Waals surface area (Å²) in [5, 5.41) is 7.10. The number of aryl methyl sites for hydroxylation is 1. The van der Waals surface area contributed by atoms with Gasteiger partial charge in [0.1, 0.15) is 5.82 Å². The van der Waals surface area contributed by atoms with Crippen molar-refractivity contribution < 1.29 is 0 Å². The normalized spacial score (nSPS) is 10.7. The fourth-order valence-electron chi connectivity index (χ4n) is 1.80. The molecule has 0 unspecified atom stereocenters. The maximum atomic E-state index is 5.88.